The van der Waals surface area contributed by atoms with Gasteiger partial charge in [-0.1, -0.05) is 5.16 Å². The van der Waals surface area contributed by atoms with E-state index in [4.69, 9.17) is 9.26 Å². The van der Waals surface area contributed by atoms with Crippen LogP contribution < -0.4 is 5.32 Å². The number of anilines is 1. The summed E-state index contributed by atoms with van der Waals surface area (Å²) in [4.78, 5) is 4.00. The fraction of sp³-hybridized carbons (Fsp3) is 0.750. The molecule has 0 aliphatic heterocycles. The van der Waals surface area contributed by atoms with Gasteiger partial charge in [-0.15, -0.1) is 0 Å². The van der Waals surface area contributed by atoms with Crippen molar-refractivity contribution in [1.82, 2.24) is 10.1 Å². The van der Waals surface area contributed by atoms with Crippen LogP contribution in [0.3, 0.4) is 0 Å². The van der Waals surface area contributed by atoms with Crippen molar-refractivity contribution in [3.63, 3.8) is 0 Å². The number of hydrogen-bond donors (Lipinski definition) is 1. The summed E-state index contributed by atoms with van der Waals surface area (Å²) in [6.07, 6.45) is 0. The van der Waals surface area contributed by atoms with Gasteiger partial charge in [-0.05, 0) is 20.8 Å². The largest absolute Gasteiger partial charge is 0.377 e. The molecule has 0 atom stereocenters. The molecule has 5 nitrogen and oxygen atoms in total. The van der Waals surface area contributed by atoms with Crippen molar-refractivity contribution in [2.75, 3.05) is 19.0 Å². The van der Waals surface area contributed by atoms with Gasteiger partial charge in [0.15, 0.2) is 5.82 Å². The standard InChI is InChI=1S/C8H15N3O2/c1-6-10-7(13-11-6)9-5-8(2,3)12-4/h5H2,1-4H3,(H,9,10,11). The van der Waals surface area contributed by atoms with E-state index in [9.17, 15) is 0 Å². The molecule has 1 aromatic heterocycles. The zero-order valence-corrected chi connectivity index (χ0v) is 8.42. The van der Waals surface area contributed by atoms with E-state index >= 15 is 0 Å². The third kappa shape index (κ3) is 3.02. The lowest BCUT2D eigenvalue weighted by atomic mass is 10.1. The molecule has 0 amide bonds. The molecule has 0 saturated heterocycles. The van der Waals surface area contributed by atoms with Crippen LogP contribution in [0.2, 0.25) is 0 Å². The van der Waals surface area contributed by atoms with Gasteiger partial charge in [0.2, 0.25) is 0 Å². The zero-order valence-electron chi connectivity index (χ0n) is 8.42. The van der Waals surface area contributed by atoms with E-state index in [1.807, 2.05) is 13.8 Å². The highest BCUT2D eigenvalue weighted by molar-refractivity contribution is 5.18. The highest BCUT2D eigenvalue weighted by atomic mass is 16.5. The molecule has 13 heavy (non-hydrogen) atoms. The third-order valence-corrected chi connectivity index (χ3v) is 1.75. The molecule has 5 heteroatoms. The molecule has 0 aliphatic rings. The van der Waals surface area contributed by atoms with Gasteiger partial charge in [-0.25, -0.2) is 0 Å². The van der Waals surface area contributed by atoms with Crippen molar-refractivity contribution in [3.8, 4) is 0 Å². The zero-order chi connectivity index (χ0) is 9.90. The fourth-order valence-corrected chi connectivity index (χ4v) is 0.730. The van der Waals surface area contributed by atoms with Crippen molar-refractivity contribution >= 4 is 6.01 Å². The summed E-state index contributed by atoms with van der Waals surface area (Å²) in [5, 5.41) is 6.65. The molecular formula is C8H15N3O2. The molecule has 0 spiro atoms. The molecule has 1 rings (SSSR count). The second-order valence-electron chi connectivity index (χ2n) is 3.46. The summed E-state index contributed by atoms with van der Waals surface area (Å²) in [5.41, 5.74) is -0.234. The first-order chi connectivity index (χ1) is 6.03. The molecule has 0 aliphatic carbocycles. The second-order valence-corrected chi connectivity index (χ2v) is 3.46. The Labute approximate surface area is 77.5 Å². The lowest BCUT2D eigenvalue weighted by Crippen LogP contribution is -2.32. The number of aryl methyl sites for hydroxylation is 1. The Balaban J connectivity index is 2.43. The van der Waals surface area contributed by atoms with Crippen molar-refractivity contribution in [1.29, 1.82) is 0 Å². The Morgan fingerprint density at radius 1 is 1.54 bits per heavy atom. The molecule has 1 aromatic rings. The number of nitrogens with zero attached hydrogens (tertiary/aromatic N) is 2. The highest BCUT2D eigenvalue weighted by Gasteiger charge is 2.16. The maximum absolute atomic E-state index is 5.21. The van der Waals surface area contributed by atoms with Gasteiger partial charge < -0.3 is 14.6 Å². The number of rotatable bonds is 4. The van der Waals surface area contributed by atoms with Gasteiger partial charge in [0.05, 0.1) is 5.60 Å². The maximum Gasteiger partial charge on any atom is 0.321 e. The molecule has 1 N–H and O–H groups in total. The van der Waals surface area contributed by atoms with Crippen LogP contribution in [-0.2, 0) is 4.74 Å². The van der Waals surface area contributed by atoms with Crippen molar-refractivity contribution in [3.05, 3.63) is 5.82 Å². The minimum absolute atomic E-state index is 0.234. The van der Waals surface area contributed by atoms with Crippen molar-refractivity contribution in [2.24, 2.45) is 0 Å². The Hall–Kier alpha value is -1.10. The summed E-state index contributed by atoms with van der Waals surface area (Å²) in [6, 6.07) is 0.433. The molecule has 0 unspecified atom stereocenters. The molecular weight excluding hydrogens is 170 g/mol. The number of aromatic nitrogens is 2. The Morgan fingerprint density at radius 2 is 2.23 bits per heavy atom. The molecule has 0 fully saturated rings. The van der Waals surface area contributed by atoms with Gasteiger partial charge in [-0.3, -0.25) is 0 Å². The van der Waals surface area contributed by atoms with E-state index in [2.05, 4.69) is 15.5 Å². The minimum Gasteiger partial charge on any atom is -0.377 e. The molecule has 0 saturated carbocycles. The first-order valence-electron chi connectivity index (χ1n) is 4.13. The molecule has 1 heterocycles. The first-order valence-corrected chi connectivity index (χ1v) is 4.13. The summed E-state index contributed by atoms with van der Waals surface area (Å²) in [5.74, 6) is 0.623. The Bertz CT molecular complexity index is 270. The van der Waals surface area contributed by atoms with Crippen LogP contribution in [0.4, 0.5) is 6.01 Å². The number of methoxy groups -OCH3 is 1. The van der Waals surface area contributed by atoms with Gasteiger partial charge >= 0.3 is 6.01 Å². The summed E-state index contributed by atoms with van der Waals surface area (Å²) < 4.78 is 10.1. The molecule has 0 aromatic carbocycles. The van der Waals surface area contributed by atoms with E-state index in [1.54, 1.807) is 14.0 Å². The van der Waals surface area contributed by atoms with E-state index in [0.29, 0.717) is 18.4 Å². The Kier molecular flexibility index (Phi) is 2.87. The number of ether oxygens (including phenoxy) is 1. The van der Waals surface area contributed by atoms with Gasteiger partial charge in [0, 0.05) is 13.7 Å². The monoisotopic (exact) mass is 185 g/mol. The van der Waals surface area contributed by atoms with Gasteiger partial charge in [-0.2, -0.15) is 4.98 Å². The lowest BCUT2D eigenvalue weighted by Gasteiger charge is -2.22. The SMILES string of the molecule is COC(C)(C)CNc1nc(C)no1. The lowest BCUT2D eigenvalue weighted by molar-refractivity contribution is 0.0338. The first kappa shape index (κ1) is 9.98. The van der Waals surface area contributed by atoms with Gasteiger partial charge in [0.1, 0.15) is 0 Å². The van der Waals surface area contributed by atoms with E-state index in [-0.39, 0.29) is 5.60 Å². The topological polar surface area (TPSA) is 60.2 Å². The minimum atomic E-state index is -0.234. The van der Waals surface area contributed by atoms with Crippen LogP contribution in [0.5, 0.6) is 0 Å². The van der Waals surface area contributed by atoms with Crippen LogP contribution in [-0.4, -0.2) is 29.4 Å². The fourth-order valence-electron chi connectivity index (χ4n) is 0.730. The average molecular weight is 185 g/mol. The number of hydrogen-bond acceptors (Lipinski definition) is 5. The third-order valence-electron chi connectivity index (χ3n) is 1.75. The summed E-state index contributed by atoms with van der Waals surface area (Å²) >= 11 is 0. The molecule has 0 radical (unpaired) electrons. The van der Waals surface area contributed by atoms with Crippen LogP contribution >= 0.6 is 0 Å². The van der Waals surface area contributed by atoms with Crippen molar-refractivity contribution < 1.29 is 9.26 Å². The van der Waals surface area contributed by atoms with E-state index in [0.717, 1.165) is 0 Å². The predicted molar refractivity (Wildman–Crippen MR) is 48.6 cm³/mol. The van der Waals surface area contributed by atoms with Crippen LogP contribution in [0.25, 0.3) is 0 Å². The van der Waals surface area contributed by atoms with Gasteiger partial charge in [0.25, 0.3) is 0 Å². The predicted octanol–water partition coefficient (Wildman–Crippen LogP) is 1.21. The summed E-state index contributed by atoms with van der Waals surface area (Å²) in [6.45, 7) is 6.35. The smallest absolute Gasteiger partial charge is 0.321 e. The van der Waals surface area contributed by atoms with Crippen LogP contribution in [0.15, 0.2) is 4.52 Å². The maximum atomic E-state index is 5.21. The van der Waals surface area contributed by atoms with E-state index in [1.165, 1.54) is 0 Å². The second kappa shape index (κ2) is 3.74. The van der Waals surface area contributed by atoms with Crippen LogP contribution in [0.1, 0.15) is 19.7 Å². The summed E-state index contributed by atoms with van der Waals surface area (Å²) in [7, 11) is 1.67. The van der Waals surface area contributed by atoms with Crippen LogP contribution in [0, 0.1) is 6.92 Å². The molecule has 0 bridgehead atoms. The van der Waals surface area contributed by atoms with E-state index < -0.39 is 0 Å². The number of nitrogens with one attached hydrogen (secondary N) is 1. The Morgan fingerprint density at radius 3 is 2.69 bits per heavy atom. The highest BCUT2D eigenvalue weighted by Crippen LogP contribution is 2.09. The quantitative estimate of drug-likeness (QED) is 0.764. The molecule has 74 valence electrons. The van der Waals surface area contributed by atoms with Crippen molar-refractivity contribution in [2.45, 2.75) is 26.4 Å². The normalized spacial score (nSPS) is 11.7. The average Bonchev–Trinajstić information content (AvgIpc) is 2.48.